The topological polar surface area (TPSA) is 136 Å². The lowest BCUT2D eigenvalue weighted by atomic mass is 9.80. The van der Waals surface area contributed by atoms with Crippen LogP contribution in [0.2, 0.25) is 0 Å². The quantitative estimate of drug-likeness (QED) is 0.709. The summed E-state index contributed by atoms with van der Waals surface area (Å²) in [5.41, 5.74) is 15.3. The van der Waals surface area contributed by atoms with E-state index in [9.17, 15) is 10.1 Å². The van der Waals surface area contributed by atoms with Gasteiger partial charge in [0.2, 0.25) is 11.8 Å². The van der Waals surface area contributed by atoms with Gasteiger partial charge in [0.25, 0.3) is 0 Å². The molecule has 0 spiro atoms. The number of anilines is 1. The van der Waals surface area contributed by atoms with Crippen LogP contribution in [0.4, 0.5) is 5.69 Å². The SMILES string of the molecule is COc1cc(C#N)ccc1C1C(C(N)=O)=C(N)Nc2c(C)cnc(OC(C)C)c21. The lowest BCUT2D eigenvalue weighted by Crippen LogP contribution is -2.32. The van der Waals surface area contributed by atoms with E-state index in [2.05, 4.69) is 16.4 Å². The molecule has 29 heavy (non-hydrogen) atoms. The molecule has 2 heterocycles. The number of ether oxygens (including phenoxy) is 2. The number of carbonyl (C=O) groups is 1. The van der Waals surface area contributed by atoms with Crippen LogP contribution in [0, 0.1) is 18.3 Å². The van der Waals surface area contributed by atoms with Crippen molar-refractivity contribution >= 4 is 11.6 Å². The molecule has 0 bridgehead atoms. The van der Waals surface area contributed by atoms with Crippen molar-refractivity contribution in [2.45, 2.75) is 32.8 Å². The van der Waals surface area contributed by atoms with Crippen LogP contribution >= 0.6 is 0 Å². The number of nitrogens with two attached hydrogens (primary N) is 2. The second-order valence-electron chi connectivity index (χ2n) is 7.02. The van der Waals surface area contributed by atoms with Crippen molar-refractivity contribution in [1.29, 1.82) is 5.26 Å². The molecular weight excluding hydrogens is 370 g/mol. The van der Waals surface area contributed by atoms with Crippen LogP contribution in [-0.2, 0) is 4.79 Å². The first-order chi connectivity index (χ1) is 13.8. The van der Waals surface area contributed by atoms with Gasteiger partial charge in [0.1, 0.15) is 11.6 Å². The third kappa shape index (κ3) is 3.55. The number of primary amides is 1. The summed E-state index contributed by atoms with van der Waals surface area (Å²) < 4.78 is 11.5. The Kier molecular flexibility index (Phi) is 5.33. The van der Waals surface area contributed by atoms with Crippen LogP contribution in [-0.4, -0.2) is 24.1 Å². The molecule has 8 heteroatoms. The summed E-state index contributed by atoms with van der Waals surface area (Å²) in [5, 5.41) is 12.3. The highest BCUT2D eigenvalue weighted by atomic mass is 16.5. The van der Waals surface area contributed by atoms with Crippen LogP contribution in [0.15, 0.2) is 35.8 Å². The average molecular weight is 393 g/mol. The number of rotatable bonds is 5. The van der Waals surface area contributed by atoms with Crippen molar-refractivity contribution in [3.05, 3.63) is 58.0 Å². The van der Waals surface area contributed by atoms with Gasteiger partial charge in [-0.15, -0.1) is 0 Å². The Morgan fingerprint density at radius 3 is 2.69 bits per heavy atom. The Morgan fingerprint density at radius 2 is 2.10 bits per heavy atom. The van der Waals surface area contributed by atoms with Crippen molar-refractivity contribution in [1.82, 2.24) is 4.98 Å². The molecule has 0 radical (unpaired) electrons. The predicted molar refractivity (Wildman–Crippen MR) is 108 cm³/mol. The molecule has 1 unspecified atom stereocenters. The van der Waals surface area contributed by atoms with Crippen LogP contribution in [0.5, 0.6) is 11.6 Å². The van der Waals surface area contributed by atoms with Crippen LogP contribution < -0.4 is 26.3 Å². The minimum Gasteiger partial charge on any atom is -0.496 e. The van der Waals surface area contributed by atoms with Crippen molar-refractivity contribution in [2.75, 3.05) is 12.4 Å². The van der Waals surface area contributed by atoms with Gasteiger partial charge in [-0.1, -0.05) is 6.07 Å². The highest BCUT2D eigenvalue weighted by molar-refractivity contribution is 5.98. The summed E-state index contributed by atoms with van der Waals surface area (Å²) in [5.74, 6) is -0.380. The number of nitrogens with one attached hydrogen (secondary N) is 1. The van der Waals surface area contributed by atoms with E-state index in [4.69, 9.17) is 20.9 Å². The number of fused-ring (bicyclic) bond motifs is 1. The zero-order valence-corrected chi connectivity index (χ0v) is 16.7. The first-order valence-electron chi connectivity index (χ1n) is 9.09. The number of nitriles is 1. The predicted octanol–water partition coefficient (Wildman–Crippen LogP) is 2.27. The number of methoxy groups -OCH3 is 1. The normalized spacial score (nSPS) is 15.4. The summed E-state index contributed by atoms with van der Waals surface area (Å²) in [7, 11) is 1.50. The second-order valence-corrected chi connectivity index (χ2v) is 7.02. The number of hydrogen-bond donors (Lipinski definition) is 3. The zero-order valence-electron chi connectivity index (χ0n) is 16.7. The first kappa shape index (κ1) is 20.0. The van der Waals surface area contributed by atoms with Gasteiger partial charge in [0.15, 0.2) is 0 Å². The highest BCUT2D eigenvalue weighted by Crippen LogP contribution is 2.48. The molecule has 3 rings (SSSR count). The van der Waals surface area contributed by atoms with Gasteiger partial charge in [-0.2, -0.15) is 5.26 Å². The summed E-state index contributed by atoms with van der Waals surface area (Å²) in [6.07, 6.45) is 1.54. The lowest BCUT2D eigenvalue weighted by Gasteiger charge is -2.32. The highest BCUT2D eigenvalue weighted by Gasteiger charge is 2.37. The van der Waals surface area contributed by atoms with Gasteiger partial charge in [-0.05, 0) is 38.5 Å². The monoisotopic (exact) mass is 393 g/mol. The van der Waals surface area contributed by atoms with Gasteiger partial charge < -0.3 is 26.3 Å². The third-order valence-corrected chi connectivity index (χ3v) is 4.68. The molecule has 1 aromatic carbocycles. The standard InChI is InChI=1S/C21H23N5O3/c1-10(2)29-21-16-15(13-6-5-12(8-22)7-14(13)28-4)17(20(24)27)19(23)26-18(16)11(3)9-25-21/h5-7,9-10,15,26H,23H2,1-4H3,(H2,24,27). The molecule has 1 aromatic heterocycles. The van der Waals surface area contributed by atoms with E-state index >= 15 is 0 Å². The minimum atomic E-state index is -0.674. The van der Waals surface area contributed by atoms with Crippen molar-refractivity contribution in [3.63, 3.8) is 0 Å². The molecule has 1 aliphatic rings. The molecule has 0 saturated heterocycles. The molecule has 1 atom stereocenters. The minimum absolute atomic E-state index is 0.141. The Bertz CT molecular complexity index is 1050. The molecule has 0 saturated carbocycles. The van der Waals surface area contributed by atoms with E-state index in [-0.39, 0.29) is 17.5 Å². The second kappa shape index (κ2) is 7.72. The Hall–Kier alpha value is -3.73. The maximum atomic E-state index is 12.4. The molecule has 8 nitrogen and oxygen atoms in total. The van der Waals surface area contributed by atoms with Gasteiger partial charge in [0.05, 0.1) is 47.6 Å². The molecule has 5 N–H and O–H groups in total. The smallest absolute Gasteiger partial charge is 0.249 e. The molecule has 0 fully saturated rings. The van der Waals surface area contributed by atoms with E-state index in [1.807, 2.05) is 20.8 Å². The average Bonchev–Trinajstić information content (AvgIpc) is 2.68. The van der Waals surface area contributed by atoms with Crippen molar-refractivity contribution in [2.24, 2.45) is 11.5 Å². The fraction of sp³-hybridized carbons (Fsp3) is 0.286. The number of hydrogen-bond acceptors (Lipinski definition) is 7. The summed E-state index contributed by atoms with van der Waals surface area (Å²) in [6.45, 7) is 5.66. The first-order valence-corrected chi connectivity index (χ1v) is 9.09. The van der Waals surface area contributed by atoms with Crippen molar-refractivity contribution < 1.29 is 14.3 Å². The number of aryl methyl sites for hydroxylation is 1. The molecule has 2 aromatic rings. The molecular formula is C21H23N5O3. The van der Waals surface area contributed by atoms with Crippen LogP contribution in [0.25, 0.3) is 0 Å². The number of nitrogens with zero attached hydrogens (tertiary/aromatic N) is 2. The molecule has 0 aliphatic carbocycles. The van der Waals surface area contributed by atoms with Crippen LogP contribution in [0.3, 0.4) is 0 Å². The Morgan fingerprint density at radius 1 is 1.38 bits per heavy atom. The molecule has 150 valence electrons. The molecule has 1 amide bonds. The number of amides is 1. The summed E-state index contributed by atoms with van der Waals surface area (Å²) in [6, 6.07) is 7.08. The maximum absolute atomic E-state index is 12.4. The molecule has 1 aliphatic heterocycles. The van der Waals surface area contributed by atoms with E-state index < -0.39 is 11.8 Å². The fourth-order valence-corrected chi connectivity index (χ4v) is 3.47. The van der Waals surface area contributed by atoms with Crippen molar-refractivity contribution in [3.8, 4) is 17.7 Å². The fourth-order valence-electron chi connectivity index (χ4n) is 3.47. The number of carbonyl (C=O) groups excluding carboxylic acids is 1. The van der Waals surface area contributed by atoms with E-state index in [1.165, 1.54) is 7.11 Å². The Labute approximate surface area is 169 Å². The summed E-state index contributed by atoms with van der Waals surface area (Å²) >= 11 is 0. The van der Waals surface area contributed by atoms with Gasteiger partial charge in [-0.25, -0.2) is 4.98 Å². The summed E-state index contributed by atoms with van der Waals surface area (Å²) in [4.78, 5) is 16.8. The van der Waals surface area contributed by atoms with Gasteiger partial charge >= 0.3 is 0 Å². The maximum Gasteiger partial charge on any atom is 0.249 e. The largest absolute Gasteiger partial charge is 0.496 e. The zero-order chi connectivity index (χ0) is 21.3. The lowest BCUT2D eigenvalue weighted by molar-refractivity contribution is -0.114. The van der Waals surface area contributed by atoms with E-state index in [0.717, 1.165) is 5.56 Å². The number of aromatic nitrogens is 1. The van der Waals surface area contributed by atoms with E-state index in [1.54, 1.807) is 24.4 Å². The number of benzene rings is 1. The van der Waals surface area contributed by atoms with Gasteiger partial charge in [-0.3, -0.25) is 4.79 Å². The van der Waals surface area contributed by atoms with E-state index in [0.29, 0.717) is 34.0 Å². The number of pyridine rings is 1. The van der Waals surface area contributed by atoms with Gasteiger partial charge in [0, 0.05) is 11.8 Å². The van der Waals surface area contributed by atoms with Crippen LogP contribution in [0.1, 0.15) is 42.0 Å². The third-order valence-electron chi connectivity index (χ3n) is 4.68. The Balaban J connectivity index is 2.37.